The number of amides is 3. The zero-order valence-electron chi connectivity index (χ0n) is 12.9. The van der Waals surface area contributed by atoms with Crippen LogP contribution in [0.25, 0.3) is 0 Å². The van der Waals surface area contributed by atoms with Crippen LogP contribution in [0, 0.1) is 0 Å². The second-order valence-electron chi connectivity index (χ2n) is 6.18. The van der Waals surface area contributed by atoms with Crippen molar-refractivity contribution in [2.24, 2.45) is 0 Å². The van der Waals surface area contributed by atoms with Gasteiger partial charge in [-0.05, 0) is 38.1 Å². The minimum absolute atomic E-state index is 0.371. The van der Waals surface area contributed by atoms with Crippen LogP contribution in [0.4, 0.5) is 10.5 Å². The summed E-state index contributed by atoms with van der Waals surface area (Å²) in [5.41, 5.74) is 0.545. The van der Waals surface area contributed by atoms with Gasteiger partial charge < -0.3 is 20.6 Å². The number of benzene rings is 1. The van der Waals surface area contributed by atoms with Gasteiger partial charge in [0.1, 0.15) is 17.5 Å². The summed E-state index contributed by atoms with van der Waals surface area (Å²) in [5, 5.41) is 14.8. The quantitative estimate of drug-likeness (QED) is 0.707. The Hall–Kier alpha value is -1.93. The molecule has 2 aliphatic rings. The summed E-state index contributed by atoms with van der Waals surface area (Å²) in [7, 11) is 0. The van der Waals surface area contributed by atoms with Crippen LogP contribution in [-0.4, -0.2) is 50.1 Å². The van der Waals surface area contributed by atoms with Crippen molar-refractivity contribution in [3.63, 3.8) is 0 Å². The maximum Gasteiger partial charge on any atom is 0.327 e. The molecule has 2 heterocycles. The second kappa shape index (κ2) is 5.86. The first kappa shape index (κ1) is 16.9. The summed E-state index contributed by atoms with van der Waals surface area (Å²) in [4.78, 5) is 37.1. The molecule has 7 nitrogen and oxygen atoms in total. The van der Waals surface area contributed by atoms with Gasteiger partial charge in [-0.25, -0.2) is 9.59 Å². The number of β-lactam (4-membered cyclic amide) rings is 1. The van der Waals surface area contributed by atoms with Gasteiger partial charge in [0.2, 0.25) is 5.91 Å². The highest BCUT2D eigenvalue weighted by Crippen LogP contribution is 2.50. The van der Waals surface area contributed by atoms with E-state index in [0.29, 0.717) is 10.7 Å². The third-order valence-corrected chi connectivity index (χ3v) is 5.89. The highest BCUT2D eigenvalue weighted by Gasteiger charge is 2.64. The van der Waals surface area contributed by atoms with Crippen LogP contribution in [0.3, 0.4) is 0 Å². The number of nitrogens with one attached hydrogen (secondary N) is 2. The van der Waals surface area contributed by atoms with Crippen molar-refractivity contribution in [2.45, 2.75) is 36.1 Å². The number of anilines is 1. The number of fused-ring (bicyclic) bond motifs is 1. The summed E-state index contributed by atoms with van der Waals surface area (Å²) in [6.45, 7) is 3.57. The van der Waals surface area contributed by atoms with Crippen LogP contribution in [0.5, 0.6) is 0 Å². The molecule has 0 aromatic heterocycles. The topological polar surface area (TPSA) is 98.7 Å². The maximum absolute atomic E-state index is 12.3. The largest absolute Gasteiger partial charge is 0.480 e. The van der Waals surface area contributed by atoms with Gasteiger partial charge in [0.25, 0.3) is 0 Å². The third-order valence-electron chi connectivity index (χ3n) is 4.06. The normalized spacial score (nSPS) is 27.2. The first-order valence-corrected chi connectivity index (χ1v) is 8.52. The summed E-state index contributed by atoms with van der Waals surface area (Å²) >= 11 is 7.16. The van der Waals surface area contributed by atoms with Crippen LogP contribution in [0.1, 0.15) is 13.8 Å². The Morgan fingerprint density at radius 1 is 1.29 bits per heavy atom. The van der Waals surface area contributed by atoms with E-state index < -0.39 is 28.8 Å². The molecule has 0 saturated carbocycles. The Morgan fingerprint density at radius 2 is 1.92 bits per heavy atom. The van der Waals surface area contributed by atoms with E-state index in [0.717, 1.165) is 0 Å². The summed E-state index contributed by atoms with van der Waals surface area (Å²) < 4.78 is -0.616. The monoisotopic (exact) mass is 369 g/mol. The molecule has 2 aliphatic heterocycles. The molecule has 0 radical (unpaired) electrons. The third kappa shape index (κ3) is 2.80. The lowest BCUT2D eigenvalue weighted by molar-refractivity contribution is -0.159. The fourth-order valence-corrected chi connectivity index (χ4v) is 4.74. The summed E-state index contributed by atoms with van der Waals surface area (Å²) in [6, 6.07) is 4.42. The van der Waals surface area contributed by atoms with Crippen molar-refractivity contribution >= 4 is 47.0 Å². The predicted octanol–water partition coefficient (Wildman–Crippen LogP) is 1.98. The highest BCUT2D eigenvalue weighted by molar-refractivity contribution is 8.01. The molecule has 0 bridgehead atoms. The Labute approximate surface area is 147 Å². The fourth-order valence-electron chi connectivity index (χ4n) is 2.99. The minimum atomic E-state index is -1.03. The molecule has 1 aromatic carbocycles. The van der Waals surface area contributed by atoms with Gasteiger partial charge in [-0.3, -0.25) is 4.79 Å². The number of nitrogens with zero attached hydrogens (tertiary/aromatic N) is 1. The molecule has 0 spiro atoms. The van der Waals surface area contributed by atoms with E-state index in [1.54, 1.807) is 38.1 Å². The zero-order valence-corrected chi connectivity index (χ0v) is 14.5. The molecular weight excluding hydrogens is 354 g/mol. The predicted molar refractivity (Wildman–Crippen MR) is 91.1 cm³/mol. The molecule has 2 saturated heterocycles. The van der Waals surface area contributed by atoms with Crippen LogP contribution in [0.2, 0.25) is 5.02 Å². The van der Waals surface area contributed by atoms with Crippen LogP contribution in [-0.2, 0) is 9.59 Å². The van der Waals surface area contributed by atoms with E-state index in [1.807, 2.05) is 0 Å². The Kier molecular flexibility index (Phi) is 4.13. The SMILES string of the molecule is CC1(C)S[C@@H]2[C@@H](NC(=O)Nc3ccc(Cl)cc3)C(=O)N2[C@@H]1C(=O)O. The molecule has 128 valence electrons. The van der Waals surface area contributed by atoms with E-state index in [9.17, 15) is 19.5 Å². The zero-order chi connectivity index (χ0) is 17.6. The minimum Gasteiger partial charge on any atom is -0.480 e. The molecule has 9 heteroatoms. The van der Waals surface area contributed by atoms with Crippen molar-refractivity contribution in [2.75, 3.05) is 5.32 Å². The van der Waals surface area contributed by atoms with Gasteiger partial charge in [0.05, 0.1) is 0 Å². The van der Waals surface area contributed by atoms with Gasteiger partial charge in [-0.2, -0.15) is 0 Å². The molecule has 2 fully saturated rings. The van der Waals surface area contributed by atoms with Crippen LogP contribution in [0.15, 0.2) is 24.3 Å². The molecule has 0 aliphatic carbocycles. The number of urea groups is 1. The number of hydrogen-bond donors (Lipinski definition) is 3. The van der Waals surface area contributed by atoms with E-state index in [1.165, 1.54) is 16.7 Å². The van der Waals surface area contributed by atoms with Gasteiger partial charge >= 0.3 is 12.0 Å². The number of rotatable bonds is 3. The average Bonchev–Trinajstić information content (AvgIpc) is 2.76. The molecule has 3 rings (SSSR count). The van der Waals surface area contributed by atoms with Gasteiger partial charge in [-0.15, -0.1) is 11.8 Å². The average molecular weight is 370 g/mol. The number of thioether (sulfide) groups is 1. The first-order valence-electron chi connectivity index (χ1n) is 7.26. The van der Waals surface area contributed by atoms with Gasteiger partial charge in [0, 0.05) is 15.5 Å². The molecule has 3 atom stereocenters. The van der Waals surface area contributed by atoms with Crippen molar-refractivity contribution < 1.29 is 19.5 Å². The van der Waals surface area contributed by atoms with Crippen molar-refractivity contribution in [1.29, 1.82) is 0 Å². The second-order valence-corrected chi connectivity index (χ2v) is 8.39. The smallest absolute Gasteiger partial charge is 0.327 e. The number of carboxylic acids is 1. The van der Waals surface area contributed by atoms with Crippen molar-refractivity contribution in [3.05, 3.63) is 29.3 Å². The number of halogens is 1. The number of aliphatic carboxylic acids is 1. The molecule has 0 unspecified atom stereocenters. The lowest BCUT2D eigenvalue weighted by Gasteiger charge is -2.43. The van der Waals surface area contributed by atoms with Crippen molar-refractivity contribution in [1.82, 2.24) is 10.2 Å². The Morgan fingerprint density at radius 3 is 2.50 bits per heavy atom. The first-order chi connectivity index (χ1) is 11.2. The Bertz CT molecular complexity index is 709. The summed E-state index contributed by atoms with van der Waals surface area (Å²) in [6.07, 6.45) is 0. The van der Waals surface area contributed by atoms with E-state index in [4.69, 9.17) is 11.6 Å². The maximum atomic E-state index is 12.3. The highest BCUT2D eigenvalue weighted by atomic mass is 35.5. The molecule has 1 aromatic rings. The number of hydrogen-bond acceptors (Lipinski definition) is 4. The van der Waals surface area contributed by atoms with E-state index in [-0.39, 0.29) is 11.3 Å². The number of carbonyl (C=O) groups is 3. The lowest BCUT2D eigenvalue weighted by Crippen LogP contribution is -2.70. The van der Waals surface area contributed by atoms with Crippen LogP contribution < -0.4 is 10.6 Å². The lowest BCUT2D eigenvalue weighted by atomic mass is 9.96. The molecule has 3 amide bonds. The fraction of sp³-hybridized carbons (Fsp3) is 0.400. The van der Waals surface area contributed by atoms with E-state index in [2.05, 4.69) is 10.6 Å². The van der Waals surface area contributed by atoms with E-state index >= 15 is 0 Å². The molecule has 24 heavy (non-hydrogen) atoms. The van der Waals surface area contributed by atoms with Gasteiger partial charge in [0.15, 0.2) is 0 Å². The summed E-state index contributed by atoms with van der Waals surface area (Å²) in [5.74, 6) is -1.41. The van der Waals surface area contributed by atoms with Crippen molar-refractivity contribution in [3.8, 4) is 0 Å². The van der Waals surface area contributed by atoms with Crippen LogP contribution >= 0.6 is 23.4 Å². The molecule has 3 N–H and O–H groups in total. The van der Waals surface area contributed by atoms with Gasteiger partial charge in [-0.1, -0.05) is 11.6 Å². The standard InChI is InChI=1S/C15H16ClN3O4S/c1-15(2)10(13(21)22)19-11(20)9(12(19)24-15)18-14(23)17-8-5-3-7(16)4-6-8/h3-6,9-10,12H,1-2H3,(H,21,22)(H2,17,18,23)/t9-,10+,12+/m0/s1. The number of carboxylic acid groups (broad SMARTS) is 1. The Balaban J connectivity index is 1.65. The number of carbonyl (C=O) groups excluding carboxylic acids is 2. The molecular formula is C15H16ClN3O4S.